The van der Waals surface area contributed by atoms with Crippen molar-refractivity contribution in [2.24, 2.45) is 0 Å². The summed E-state index contributed by atoms with van der Waals surface area (Å²) >= 11 is 0. The fourth-order valence-corrected chi connectivity index (χ4v) is 1.25. The van der Waals surface area contributed by atoms with Crippen molar-refractivity contribution in [2.45, 2.75) is 0 Å². The number of H-pyrrole nitrogens is 1. The maximum Gasteiger partial charge on any atom is 0.131 e. The Hall–Kier alpha value is -2.03. The molecular formula is C11H10N2O. The van der Waals surface area contributed by atoms with Gasteiger partial charge in [0.2, 0.25) is 0 Å². The van der Waals surface area contributed by atoms with Gasteiger partial charge >= 0.3 is 0 Å². The Balaban J connectivity index is 2.35. The summed E-state index contributed by atoms with van der Waals surface area (Å²) in [5.41, 5.74) is 1.96. The van der Waals surface area contributed by atoms with E-state index in [0.717, 1.165) is 23.1 Å². The third-order valence-electron chi connectivity index (χ3n) is 1.86. The topological polar surface area (TPSA) is 48.9 Å². The van der Waals surface area contributed by atoms with Gasteiger partial charge in [-0.1, -0.05) is 18.2 Å². The van der Waals surface area contributed by atoms with Gasteiger partial charge < -0.3 is 10.1 Å². The second-order valence-electron chi connectivity index (χ2n) is 2.84. The molecule has 0 unspecified atom stereocenters. The molecule has 0 atom stereocenters. The summed E-state index contributed by atoms with van der Waals surface area (Å²) in [7, 11) is 0. The number of nitrogens with one attached hydrogen (secondary N) is 1. The Morgan fingerprint density at radius 1 is 1.21 bits per heavy atom. The van der Waals surface area contributed by atoms with E-state index in [-0.39, 0.29) is 0 Å². The number of fused-ring (bicyclic) bond motifs is 1. The summed E-state index contributed by atoms with van der Waals surface area (Å²) in [4.78, 5) is 7.47. The van der Waals surface area contributed by atoms with Crippen molar-refractivity contribution < 1.29 is 5.11 Å². The molecule has 0 fully saturated rings. The number of hydrogen-bond acceptors (Lipinski definition) is 2. The quantitative estimate of drug-likeness (QED) is 0.559. The Kier molecular flexibility index (Phi) is 2.32. The molecule has 70 valence electrons. The first kappa shape index (κ1) is 8.56. The second-order valence-corrected chi connectivity index (χ2v) is 2.84. The molecule has 2 N–H and O–H groups in total. The number of aromatic nitrogens is 2. The van der Waals surface area contributed by atoms with Crippen LogP contribution >= 0.6 is 0 Å². The lowest BCUT2D eigenvalue weighted by molar-refractivity contribution is 0.474. The molecule has 2 aromatic rings. The number of para-hydroxylation sites is 2. The number of nitrogens with zero attached hydrogens (tertiary/aromatic N) is 1. The van der Waals surface area contributed by atoms with Crippen molar-refractivity contribution in [2.75, 3.05) is 0 Å². The summed E-state index contributed by atoms with van der Waals surface area (Å²) in [5, 5.41) is 8.42. The van der Waals surface area contributed by atoms with Crippen LogP contribution in [0.1, 0.15) is 5.82 Å². The van der Waals surface area contributed by atoms with E-state index in [2.05, 4.69) is 9.97 Å². The molecule has 14 heavy (non-hydrogen) atoms. The number of aliphatic hydroxyl groups excluding tert-OH is 1. The highest BCUT2D eigenvalue weighted by molar-refractivity contribution is 5.76. The number of hydrogen-bond donors (Lipinski definition) is 2. The summed E-state index contributed by atoms with van der Waals surface area (Å²) in [6, 6.07) is 7.83. The Labute approximate surface area is 81.4 Å². The van der Waals surface area contributed by atoms with Crippen LogP contribution in [0.15, 0.2) is 42.7 Å². The highest BCUT2D eigenvalue weighted by Gasteiger charge is 1.96. The van der Waals surface area contributed by atoms with Gasteiger partial charge in [0, 0.05) is 0 Å². The number of imidazole rings is 1. The Bertz CT molecular complexity index is 450. The minimum atomic E-state index is 0.782. The van der Waals surface area contributed by atoms with Crippen LogP contribution in [0.25, 0.3) is 17.1 Å². The van der Waals surface area contributed by atoms with E-state index >= 15 is 0 Å². The summed E-state index contributed by atoms with van der Waals surface area (Å²) in [5.74, 6) is 0.782. The largest absolute Gasteiger partial charge is 0.516 e. The van der Waals surface area contributed by atoms with E-state index < -0.39 is 0 Å². The van der Waals surface area contributed by atoms with Gasteiger partial charge in [-0.15, -0.1) is 0 Å². The molecule has 0 aliphatic rings. The third kappa shape index (κ3) is 1.66. The minimum Gasteiger partial charge on any atom is -0.516 e. The first-order chi connectivity index (χ1) is 6.90. The third-order valence-corrected chi connectivity index (χ3v) is 1.86. The van der Waals surface area contributed by atoms with E-state index in [1.165, 1.54) is 6.08 Å². The molecule has 1 heterocycles. The van der Waals surface area contributed by atoms with Gasteiger partial charge in [0.05, 0.1) is 17.3 Å². The Morgan fingerprint density at radius 3 is 2.86 bits per heavy atom. The predicted octanol–water partition coefficient (Wildman–Crippen LogP) is 2.65. The molecule has 1 aromatic heterocycles. The lowest BCUT2D eigenvalue weighted by Gasteiger charge is -1.81. The van der Waals surface area contributed by atoms with Crippen molar-refractivity contribution in [1.82, 2.24) is 9.97 Å². The average molecular weight is 186 g/mol. The number of allylic oxidation sites excluding steroid dienone is 2. The van der Waals surface area contributed by atoms with Crippen LogP contribution in [-0.4, -0.2) is 15.1 Å². The molecule has 0 amide bonds. The number of aromatic amines is 1. The van der Waals surface area contributed by atoms with Crippen LogP contribution in [0.2, 0.25) is 0 Å². The van der Waals surface area contributed by atoms with Crippen molar-refractivity contribution in [1.29, 1.82) is 0 Å². The Morgan fingerprint density at radius 2 is 2.07 bits per heavy atom. The van der Waals surface area contributed by atoms with E-state index in [0.29, 0.717) is 0 Å². The van der Waals surface area contributed by atoms with Crippen molar-refractivity contribution >= 4 is 17.1 Å². The van der Waals surface area contributed by atoms with Gasteiger partial charge in [-0.2, -0.15) is 0 Å². The highest BCUT2D eigenvalue weighted by atomic mass is 16.2. The van der Waals surface area contributed by atoms with E-state index in [1.807, 2.05) is 24.3 Å². The van der Waals surface area contributed by atoms with Crippen LogP contribution in [0.5, 0.6) is 0 Å². The maximum absolute atomic E-state index is 8.42. The predicted molar refractivity (Wildman–Crippen MR) is 56.9 cm³/mol. The lowest BCUT2D eigenvalue weighted by atomic mass is 10.3. The molecule has 0 radical (unpaired) electrons. The zero-order chi connectivity index (χ0) is 9.80. The van der Waals surface area contributed by atoms with Crippen molar-refractivity contribution in [3.63, 3.8) is 0 Å². The number of benzene rings is 1. The zero-order valence-corrected chi connectivity index (χ0v) is 7.51. The second kappa shape index (κ2) is 3.79. The van der Waals surface area contributed by atoms with Crippen LogP contribution in [-0.2, 0) is 0 Å². The molecule has 3 heteroatoms. The highest BCUT2D eigenvalue weighted by Crippen LogP contribution is 2.10. The molecule has 0 aliphatic heterocycles. The van der Waals surface area contributed by atoms with Gasteiger partial charge in [-0.25, -0.2) is 4.98 Å². The molecule has 0 saturated carbocycles. The van der Waals surface area contributed by atoms with Gasteiger partial charge in [0.15, 0.2) is 0 Å². The molecule has 1 aromatic carbocycles. The van der Waals surface area contributed by atoms with E-state index in [4.69, 9.17) is 5.11 Å². The molecule has 0 saturated heterocycles. The normalized spacial score (nSPS) is 12.0. The van der Waals surface area contributed by atoms with E-state index in [1.54, 1.807) is 12.2 Å². The summed E-state index contributed by atoms with van der Waals surface area (Å²) < 4.78 is 0. The molecule has 0 bridgehead atoms. The smallest absolute Gasteiger partial charge is 0.131 e. The molecule has 2 rings (SSSR count). The SMILES string of the molecule is O/C=C/C=C/c1nc2ccccc2[nH]1. The number of rotatable bonds is 2. The first-order valence-corrected chi connectivity index (χ1v) is 4.32. The molecule has 3 nitrogen and oxygen atoms in total. The van der Waals surface area contributed by atoms with Gasteiger partial charge in [-0.3, -0.25) is 0 Å². The van der Waals surface area contributed by atoms with Crippen molar-refractivity contribution in [3.8, 4) is 0 Å². The van der Waals surface area contributed by atoms with Crippen LogP contribution < -0.4 is 0 Å². The van der Waals surface area contributed by atoms with Gasteiger partial charge in [0.1, 0.15) is 5.82 Å². The molecule has 0 spiro atoms. The fraction of sp³-hybridized carbons (Fsp3) is 0. The van der Waals surface area contributed by atoms with Gasteiger partial charge in [-0.05, 0) is 24.3 Å². The minimum absolute atomic E-state index is 0.782. The van der Waals surface area contributed by atoms with Gasteiger partial charge in [0.25, 0.3) is 0 Å². The maximum atomic E-state index is 8.42. The van der Waals surface area contributed by atoms with Crippen LogP contribution in [0.3, 0.4) is 0 Å². The molecule has 0 aliphatic carbocycles. The zero-order valence-electron chi connectivity index (χ0n) is 7.51. The number of aliphatic hydroxyl groups is 1. The monoisotopic (exact) mass is 186 g/mol. The average Bonchev–Trinajstić information content (AvgIpc) is 2.60. The van der Waals surface area contributed by atoms with Crippen molar-refractivity contribution in [3.05, 3.63) is 48.5 Å². The lowest BCUT2D eigenvalue weighted by Crippen LogP contribution is -1.71. The summed E-state index contributed by atoms with van der Waals surface area (Å²) in [6.07, 6.45) is 6.04. The summed E-state index contributed by atoms with van der Waals surface area (Å²) in [6.45, 7) is 0. The fourth-order valence-electron chi connectivity index (χ4n) is 1.25. The van der Waals surface area contributed by atoms with Crippen LogP contribution in [0, 0.1) is 0 Å². The molecular weight excluding hydrogens is 176 g/mol. The van der Waals surface area contributed by atoms with E-state index in [9.17, 15) is 0 Å². The first-order valence-electron chi connectivity index (χ1n) is 4.32. The standard InChI is InChI=1S/C11H10N2O/c14-8-4-3-7-11-12-9-5-1-2-6-10(9)13-11/h1-8,14H,(H,12,13)/b7-3+,8-4+. The van der Waals surface area contributed by atoms with Crippen LogP contribution in [0.4, 0.5) is 0 Å².